The smallest absolute Gasteiger partial charge is 0.338 e. The Morgan fingerprint density at radius 3 is 2.71 bits per heavy atom. The molecule has 2 heterocycles. The van der Waals surface area contributed by atoms with Crippen LogP contribution in [0.5, 0.6) is 5.75 Å². The van der Waals surface area contributed by atoms with E-state index in [1.807, 2.05) is 37.3 Å². The molecular formula is C28H32Cl2N4O3S. The van der Waals surface area contributed by atoms with Crippen LogP contribution in [0.15, 0.2) is 58.9 Å². The standard InChI is InChI=1S/C28H32Cl2N4O3S/c1-4-6-13-36-26(35)24-18(3)31-27-32-28(38-14-7-5-2)33-34(27)25(24)19-9-8-10-22(15-19)37-17-20-11-12-21(29)16-23(20)30/h8-12,15-16,25H,4-7,13-14,17H2,1-3H3,(H,31,32,33). The molecule has 202 valence electrons. The molecule has 1 aromatic heterocycles. The number of halogens is 2. The average molecular weight is 576 g/mol. The van der Waals surface area contributed by atoms with E-state index in [1.165, 1.54) is 0 Å². The van der Waals surface area contributed by atoms with Crippen LogP contribution in [-0.2, 0) is 16.1 Å². The van der Waals surface area contributed by atoms with E-state index >= 15 is 0 Å². The largest absolute Gasteiger partial charge is 0.489 e. The number of carbonyl (C=O) groups is 1. The van der Waals surface area contributed by atoms with Crippen LogP contribution in [0.3, 0.4) is 0 Å². The third-order valence-corrected chi connectivity index (χ3v) is 7.61. The van der Waals surface area contributed by atoms with Gasteiger partial charge >= 0.3 is 5.97 Å². The van der Waals surface area contributed by atoms with Crippen LogP contribution in [0.1, 0.15) is 63.6 Å². The second kappa shape index (κ2) is 13.4. The molecule has 1 aliphatic rings. The zero-order chi connectivity index (χ0) is 27.1. The van der Waals surface area contributed by atoms with Crippen molar-refractivity contribution in [1.82, 2.24) is 14.8 Å². The Hall–Kier alpha value is -2.68. The van der Waals surface area contributed by atoms with Gasteiger partial charge in [0.25, 0.3) is 0 Å². The van der Waals surface area contributed by atoms with E-state index in [1.54, 1.807) is 28.6 Å². The molecule has 0 saturated carbocycles. The maximum atomic E-state index is 13.3. The molecule has 1 unspecified atom stereocenters. The highest BCUT2D eigenvalue weighted by Gasteiger charge is 2.35. The first-order valence-electron chi connectivity index (χ1n) is 12.8. The fraction of sp³-hybridized carbons (Fsp3) is 0.393. The number of anilines is 1. The second-order valence-electron chi connectivity index (χ2n) is 9.02. The summed E-state index contributed by atoms with van der Waals surface area (Å²) >= 11 is 14.0. The van der Waals surface area contributed by atoms with Crippen LogP contribution >= 0.6 is 35.0 Å². The van der Waals surface area contributed by atoms with Gasteiger partial charge in [0, 0.05) is 27.1 Å². The Morgan fingerprint density at radius 1 is 1.13 bits per heavy atom. The molecule has 7 nitrogen and oxygen atoms in total. The van der Waals surface area contributed by atoms with Crippen molar-refractivity contribution in [2.24, 2.45) is 0 Å². The molecule has 0 fully saturated rings. The molecule has 0 spiro atoms. The lowest BCUT2D eigenvalue weighted by atomic mass is 9.95. The van der Waals surface area contributed by atoms with Crippen molar-refractivity contribution >= 4 is 46.9 Å². The molecule has 3 aromatic rings. The third kappa shape index (κ3) is 6.84. The lowest BCUT2D eigenvalue weighted by molar-refractivity contribution is -0.139. The first-order chi connectivity index (χ1) is 18.4. The summed E-state index contributed by atoms with van der Waals surface area (Å²) in [5.41, 5.74) is 2.86. The zero-order valence-electron chi connectivity index (χ0n) is 21.8. The van der Waals surface area contributed by atoms with Gasteiger partial charge in [0.05, 0.1) is 12.2 Å². The van der Waals surface area contributed by atoms with Gasteiger partial charge < -0.3 is 14.8 Å². The van der Waals surface area contributed by atoms with Crippen molar-refractivity contribution in [1.29, 1.82) is 0 Å². The first kappa shape index (κ1) is 28.3. The molecule has 0 saturated heterocycles. The van der Waals surface area contributed by atoms with Gasteiger partial charge in [-0.05, 0) is 49.6 Å². The number of hydrogen-bond donors (Lipinski definition) is 1. The van der Waals surface area contributed by atoms with E-state index in [2.05, 4.69) is 19.2 Å². The fourth-order valence-electron chi connectivity index (χ4n) is 4.03. The second-order valence-corrected chi connectivity index (χ2v) is 10.9. The van der Waals surface area contributed by atoms with Gasteiger partial charge in [0.1, 0.15) is 18.4 Å². The van der Waals surface area contributed by atoms with Crippen molar-refractivity contribution in [2.75, 3.05) is 17.7 Å². The van der Waals surface area contributed by atoms with Crippen LogP contribution in [0.25, 0.3) is 0 Å². The number of nitrogens with one attached hydrogen (secondary N) is 1. The predicted octanol–water partition coefficient (Wildman–Crippen LogP) is 7.69. The maximum Gasteiger partial charge on any atom is 0.338 e. The molecule has 1 N–H and O–H groups in total. The van der Waals surface area contributed by atoms with E-state index < -0.39 is 6.04 Å². The SMILES string of the molecule is CCCCOC(=O)C1=C(C)Nc2nc(SCCCC)nn2C1c1cccc(OCc2ccc(Cl)cc2Cl)c1. The minimum Gasteiger partial charge on any atom is -0.489 e. The van der Waals surface area contributed by atoms with Crippen LogP contribution < -0.4 is 10.1 Å². The highest BCUT2D eigenvalue weighted by atomic mass is 35.5. The summed E-state index contributed by atoms with van der Waals surface area (Å²) in [7, 11) is 0. The minimum atomic E-state index is -0.518. The Labute approximate surface area is 237 Å². The Kier molecular flexibility index (Phi) is 9.99. The summed E-state index contributed by atoms with van der Waals surface area (Å²) < 4.78 is 13.5. The summed E-state index contributed by atoms with van der Waals surface area (Å²) in [6, 6.07) is 12.5. The number of allylic oxidation sites excluding steroid dienone is 1. The number of fused-ring (bicyclic) bond motifs is 1. The number of ether oxygens (including phenoxy) is 2. The van der Waals surface area contributed by atoms with E-state index in [9.17, 15) is 4.79 Å². The lowest BCUT2D eigenvalue weighted by Crippen LogP contribution is -2.29. The molecule has 1 aliphatic heterocycles. The minimum absolute atomic E-state index is 0.277. The van der Waals surface area contributed by atoms with E-state index in [4.69, 9.17) is 42.8 Å². The van der Waals surface area contributed by atoms with E-state index in [0.29, 0.717) is 44.8 Å². The van der Waals surface area contributed by atoms with Crippen LogP contribution in [0, 0.1) is 0 Å². The predicted molar refractivity (Wildman–Crippen MR) is 153 cm³/mol. The number of benzene rings is 2. The molecule has 2 aromatic carbocycles. The van der Waals surface area contributed by atoms with Gasteiger partial charge in [0.15, 0.2) is 0 Å². The quantitative estimate of drug-likeness (QED) is 0.135. The number of carbonyl (C=O) groups excluding carboxylic acids is 1. The molecule has 0 bridgehead atoms. The summed E-state index contributed by atoms with van der Waals surface area (Å²) in [4.78, 5) is 18.0. The Balaban J connectivity index is 1.65. The molecule has 4 rings (SSSR count). The molecular weight excluding hydrogens is 543 g/mol. The van der Waals surface area contributed by atoms with Gasteiger partial charge in [-0.15, -0.1) is 5.10 Å². The van der Waals surface area contributed by atoms with E-state index in [-0.39, 0.29) is 12.6 Å². The van der Waals surface area contributed by atoms with Crippen molar-refractivity contribution < 1.29 is 14.3 Å². The van der Waals surface area contributed by atoms with Gasteiger partial charge in [-0.1, -0.05) is 79.9 Å². The van der Waals surface area contributed by atoms with Crippen molar-refractivity contribution in [3.05, 3.63) is 74.9 Å². The summed E-state index contributed by atoms with van der Waals surface area (Å²) in [6.07, 6.45) is 3.92. The number of aromatic nitrogens is 3. The maximum absolute atomic E-state index is 13.3. The van der Waals surface area contributed by atoms with Gasteiger partial charge in [-0.25, -0.2) is 9.48 Å². The molecule has 0 radical (unpaired) electrons. The third-order valence-electron chi connectivity index (χ3n) is 6.10. The zero-order valence-corrected chi connectivity index (χ0v) is 24.1. The number of hydrogen-bond acceptors (Lipinski definition) is 7. The summed E-state index contributed by atoms with van der Waals surface area (Å²) in [5.74, 6) is 1.80. The fourth-order valence-corrected chi connectivity index (χ4v) is 5.41. The van der Waals surface area contributed by atoms with Gasteiger partial charge in [-0.2, -0.15) is 4.98 Å². The number of rotatable bonds is 12. The molecule has 38 heavy (non-hydrogen) atoms. The first-order valence-corrected chi connectivity index (χ1v) is 14.6. The van der Waals surface area contributed by atoms with Crippen molar-refractivity contribution in [3.63, 3.8) is 0 Å². The number of nitrogens with zero attached hydrogens (tertiary/aromatic N) is 3. The van der Waals surface area contributed by atoms with Crippen molar-refractivity contribution in [3.8, 4) is 5.75 Å². The lowest BCUT2D eigenvalue weighted by Gasteiger charge is -2.28. The normalized spacial score (nSPS) is 14.7. The molecule has 0 amide bonds. The Morgan fingerprint density at radius 2 is 1.95 bits per heavy atom. The van der Waals surface area contributed by atoms with Gasteiger partial charge in [0.2, 0.25) is 11.1 Å². The Bertz CT molecular complexity index is 1310. The number of thioether (sulfide) groups is 1. The van der Waals surface area contributed by atoms with E-state index in [0.717, 1.165) is 42.6 Å². The highest BCUT2D eigenvalue weighted by Crippen LogP contribution is 2.38. The molecule has 0 aliphatic carbocycles. The number of esters is 1. The molecule has 1 atom stereocenters. The van der Waals surface area contributed by atoms with Gasteiger partial charge in [-0.3, -0.25) is 0 Å². The average Bonchev–Trinajstić information content (AvgIpc) is 3.30. The van der Waals surface area contributed by atoms with Crippen LogP contribution in [-0.4, -0.2) is 33.1 Å². The summed E-state index contributed by atoms with van der Waals surface area (Å²) in [6.45, 7) is 6.73. The molecule has 10 heteroatoms. The number of unbranched alkanes of at least 4 members (excludes halogenated alkanes) is 2. The highest BCUT2D eigenvalue weighted by molar-refractivity contribution is 7.99. The van der Waals surface area contributed by atoms with Crippen molar-refractivity contribution in [2.45, 2.75) is 64.3 Å². The summed E-state index contributed by atoms with van der Waals surface area (Å²) in [5, 5.41) is 9.83. The topological polar surface area (TPSA) is 78.3 Å². The van der Waals surface area contributed by atoms with Crippen LogP contribution in [0.2, 0.25) is 10.0 Å². The van der Waals surface area contributed by atoms with Crippen LogP contribution in [0.4, 0.5) is 5.95 Å². The monoisotopic (exact) mass is 574 g/mol.